The first kappa shape index (κ1) is 18.0. The summed E-state index contributed by atoms with van der Waals surface area (Å²) < 4.78 is 40.0. The second kappa shape index (κ2) is 7.97. The van der Waals surface area contributed by atoms with Gasteiger partial charge in [-0.15, -0.1) is 17.9 Å². The van der Waals surface area contributed by atoms with Crippen molar-refractivity contribution in [3.63, 3.8) is 0 Å². The molecule has 126 valence electrons. The van der Waals surface area contributed by atoms with Crippen LogP contribution in [0.4, 0.5) is 13.2 Å². The van der Waals surface area contributed by atoms with Gasteiger partial charge in [-0.2, -0.15) is 13.2 Å². The fourth-order valence-corrected chi connectivity index (χ4v) is 2.86. The molecular weight excluding hydrogens is 335 g/mol. The number of allylic oxidation sites excluding steroid dienone is 1. The van der Waals surface area contributed by atoms with E-state index in [1.165, 1.54) is 46.6 Å². The van der Waals surface area contributed by atoms with Crippen molar-refractivity contribution in [2.75, 3.05) is 6.54 Å². The van der Waals surface area contributed by atoms with Gasteiger partial charge in [0, 0.05) is 17.5 Å². The Kier molecular flexibility index (Phi) is 5.98. The SMILES string of the molecule is C=CCN(Cc1cccs1)C(=O)/C=C(\c1ccccc1)C(F)(F)F. The highest BCUT2D eigenvalue weighted by Crippen LogP contribution is 2.33. The quantitative estimate of drug-likeness (QED) is 0.535. The summed E-state index contributed by atoms with van der Waals surface area (Å²) in [6.45, 7) is 3.99. The molecule has 0 fully saturated rings. The van der Waals surface area contributed by atoms with Gasteiger partial charge < -0.3 is 4.90 Å². The molecule has 0 aliphatic heterocycles. The molecule has 0 unspecified atom stereocenters. The Bertz CT molecular complexity index is 706. The lowest BCUT2D eigenvalue weighted by Gasteiger charge is -2.20. The molecule has 0 saturated heterocycles. The van der Waals surface area contributed by atoms with E-state index in [2.05, 4.69) is 6.58 Å². The van der Waals surface area contributed by atoms with Crippen LogP contribution in [0.15, 0.2) is 66.6 Å². The third-order valence-corrected chi connectivity index (χ3v) is 4.11. The zero-order chi connectivity index (χ0) is 17.6. The molecule has 0 aliphatic rings. The molecule has 1 amide bonds. The van der Waals surface area contributed by atoms with E-state index in [0.29, 0.717) is 6.08 Å². The highest BCUT2D eigenvalue weighted by Gasteiger charge is 2.35. The van der Waals surface area contributed by atoms with Crippen molar-refractivity contribution in [3.05, 3.63) is 77.0 Å². The standard InChI is InChI=1S/C18H16F3NOS/c1-2-10-22(13-15-9-6-11-24-15)17(23)12-16(18(19,20)21)14-7-4-3-5-8-14/h2-9,11-12H,1,10,13H2/b16-12+. The van der Waals surface area contributed by atoms with Crippen molar-refractivity contribution < 1.29 is 18.0 Å². The van der Waals surface area contributed by atoms with Gasteiger partial charge >= 0.3 is 6.18 Å². The minimum atomic E-state index is -4.61. The summed E-state index contributed by atoms with van der Waals surface area (Å²) in [5.41, 5.74) is -0.985. The van der Waals surface area contributed by atoms with Crippen LogP contribution >= 0.6 is 11.3 Å². The van der Waals surface area contributed by atoms with Gasteiger partial charge in [0.05, 0.1) is 12.1 Å². The van der Waals surface area contributed by atoms with Crippen molar-refractivity contribution >= 4 is 22.8 Å². The highest BCUT2D eigenvalue weighted by atomic mass is 32.1. The van der Waals surface area contributed by atoms with Crippen LogP contribution in [0.25, 0.3) is 5.57 Å². The Morgan fingerprint density at radius 1 is 1.17 bits per heavy atom. The first-order chi connectivity index (χ1) is 11.4. The van der Waals surface area contributed by atoms with Crippen LogP contribution in [-0.2, 0) is 11.3 Å². The number of hydrogen-bond donors (Lipinski definition) is 0. The molecule has 0 N–H and O–H groups in total. The number of halogens is 3. The first-order valence-electron chi connectivity index (χ1n) is 7.18. The summed E-state index contributed by atoms with van der Waals surface area (Å²) in [5, 5.41) is 1.85. The predicted octanol–water partition coefficient (Wildman–Crippen LogP) is 4.91. The van der Waals surface area contributed by atoms with Crippen LogP contribution in [0.2, 0.25) is 0 Å². The molecule has 1 heterocycles. The van der Waals surface area contributed by atoms with Gasteiger partial charge in [0.15, 0.2) is 0 Å². The van der Waals surface area contributed by atoms with Gasteiger partial charge in [-0.05, 0) is 17.0 Å². The van der Waals surface area contributed by atoms with E-state index in [9.17, 15) is 18.0 Å². The monoisotopic (exact) mass is 351 g/mol. The lowest BCUT2D eigenvalue weighted by Crippen LogP contribution is -2.29. The Morgan fingerprint density at radius 3 is 2.42 bits per heavy atom. The van der Waals surface area contributed by atoms with Crippen molar-refractivity contribution in [3.8, 4) is 0 Å². The smallest absolute Gasteiger partial charge is 0.330 e. The Balaban J connectivity index is 2.31. The number of thiophene rings is 1. The number of amides is 1. The topological polar surface area (TPSA) is 20.3 Å². The third-order valence-electron chi connectivity index (χ3n) is 3.25. The second-order valence-corrected chi connectivity index (χ2v) is 6.04. The molecule has 24 heavy (non-hydrogen) atoms. The summed E-state index contributed by atoms with van der Waals surface area (Å²) in [7, 11) is 0. The summed E-state index contributed by atoms with van der Waals surface area (Å²) in [5.74, 6) is -0.695. The van der Waals surface area contributed by atoms with E-state index >= 15 is 0 Å². The molecule has 0 atom stereocenters. The Morgan fingerprint density at radius 2 is 1.88 bits per heavy atom. The van der Waals surface area contributed by atoms with Gasteiger partial charge in [0.25, 0.3) is 0 Å². The maximum absolute atomic E-state index is 13.3. The third kappa shape index (κ3) is 4.83. The number of carbonyl (C=O) groups is 1. The minimum Gasteiger partial charge on any atom is -0.330 e. The lowest BCUT2D eigenvalue weighted by atomic mass is 10.0. The summed E-state index contributed by atoms with van der Waals surface area (Å²) in [4.78, 5) is 14.6. The lowest BCUT2D eigenvalue weighted by molar-refractivity contribution is -0.126. The molecule has 2 aromatic rings. The molecular formula is C18H16F3NOS. The number of benzene rings is 1. The average molecular weight is 351 g/mol. The molecule has 0 bridgehead atoms. The molecule has 6 heteroatoms. The summed E-state index contributed by atoms with van der Waals surface area (Å²) in [6.07, 6.45) is -2.46. The van der Waals surface area contributed by atoms with Crippen LogP contribution < -0.4 is 0 Å². The van der Waals surface area contributed by atoms with Gasteiger partial charge in [-0.1, -0.05) is 42.5 Å². The molecule has 2 nitrogen and oxygen atoms in total. The van der Waals surface area contributed by atoms with E-state index in [-0.39, 0.29) is 18.7 Å². The predicted molar refractivity (Wildman–Crippen MR) is 90.4 cm³/mol. The van der Waals surface area contributed by atoms with E-state index < -0.39 is 17.7 Å². The Labute approximate surface area is 142 Å². The van der Waals surface area contributed by atoms with E-state index in [1.807, 2.05) is 17.5 Å². The van der Waals surface area contributed by atoms with Crippen molar-refractivity contribution in [1.82, 2.24) is 4.90 Å². The van der Waals surface area contributed by atoms with Crippen molar-refractivity contribution in [2.24, 2.45) is 0 Å². The molecule has 0 spiro atoms. The number of hydrogen-bond acceptors (Lipinski definition) is 2. The van der Waals surface area contributed by atoms with Crippen LogP contribution in [0, 0.1) is 0 Å². The van der Waals surface area contributed by atoms with Crippen molar-refractivity contribution in [1.29, 1.82) is 0 Å². The largest absolute Gasteiger partial charge is 0.417 e. The van der Waals surface area contributed by atoms with Crippen LogP contribution in [0.1, 0.15) is 10.4 Å². The zero-order valence-electron chi connectivity index (χ0n) is 12.8. The fraction of sp³-hybridized carbons (Fsp3) is 0.167. The minimum absolute atomic E-state index is 0.0342. The molecule has 0 aliphatic carbocycles. The average Bonchev–Trinajstić information content (AvgIpc) is 3.05. The number of alkyl halides is 3. The maximum Gasteiger partial charge on any atom is 0.417 e. The van der Waals surface area contributed by atoms with Gasteiger partial charge in [0.2, 0.25) is 5.91 Å². The normalized spacial score (nSPS) is 12.0. The summed E-state index contributed by atoms with van der Waals surface area (Å²) >= 11 is 1.44. The molecule has 1 aromatic carbocycles. The maximum atomic E-state index is 13.3. The van der Waals surface area contributed by atoms with Crippen molar-refractivity contribution in [2.45, 2.75) is 12.7 Å². The van der Waals surface area contributed by atoms with E-state index in [0.717, 1.165) is 4.88 Å². The Hall–Kier alpha value is -2.34. The number of carbonyl (C=O) groups excluding carboxylic acids is 1. The zero-order valence-corrected chi connectivity index (χ0v) is 13.6. The van der Waals surface area contributed by atoms with Gasteiger partial charge in [-0.3, -0.25) is 4.79 Å². The van der Waals surface area contributed by atoms with E-state index in [4.69, 9.17) is 0 Å². The van der Waals surface area contributed by atoms with Crippen LogP contribution in [0.3, 0.4) is 0 Å². The first-order valence-corrected chi connectivity index (χ1v) is 8.06. The molecule has 0 radical (unpaired) electrons. The molecule has 1 aromatic heterocycles. The number of nitrogens with zero attached hydrogens (tertiary/aromatic N) is 1. The van der Waals surface area contributed by atoms with Gasteiger partial charge in [0.1, 0.15) is 0 Å². The van der Waals surface area contributed by atoms with Gasteiger partial charge in [-0.25, -0.2) is 0 Å². The fourth-order valence-electron chi connectivity index (χ4n) is 2.14. The molecule has 2 rings (SSSR count). The van der Waals surface area contributed by atoms with E-state index in [1.54, 1.807) is 6.07 Å². The highest BCUT2D eigenvalue weighted by molar-refractivity contribution is 7.09. The van der Waals surface area contributed by atoms with Crippen LogP contribution in [-0.4, -0.2) is 23.5 Å². The summed E-state index contributed by atoms with van der Waals surface area (Å²) in [6, 6.07) is 11.0. The molecule has 0 saturated carbocycles. The van der Waals surface area contributed by atoms with Crippen LogP contribution in [0.5, 0.6) is 0 Å². The number of rotatable bonds is 6. The second-order valence-electron chi connectivity index (χ2n) is 5.01.